The van der Waals surface area contributed by atoms with Crippen molar-refractivity contribution < 1.29 is 15.3 Å². The number of aromatic nitrogens is 1. The first kappa shape index (κ1) is 16.4. The molecule has 0 saturated carbocycles. The summed E-state index contributed by atoms with van der Waals surface area (Å²) in [7, 11) is 0. The summed E-state index contributed by atoms with van der Waals surface area (Å²) in [5.41, 5.74) is 1.60. The van der Waals surface area contributed by atoms with E-state index in [4.69, 9.17) is 33.6 Å². The Kier molecular flexibility index (Phi) is 5.77. The average Bonchev–Trinajstić information content (AvgIpc) is 2.67. The second kappa shape index (κ2) is 7.37. The zero-order chi connectivity index (χ0) is 15.4. The van der Waals surface area contributed by atoms with E-state index in [-0.39, 0.29) is 12.0 Å². The van der Waals surface area contributed by atoms with Gasteiger partial charge in [-0.15, -0.1) is 11.3 Å². The van der Waals surface area contributed by atoms with Crippen molar-refractivity contribution in [1.82, 2.24) is 10.4 Å². The van der Waals surface area contributed by atoms with E-state index < -0.39 is 0 Å². The van der Waals surface area contributed by atoms with E-state index >= 15 is 0 Å². The molecule has 1 aromatic carbocycles. The van der Waals surface area contributed by atoms with Crippen LogP contribution in [-0.2, 0) is 11.3 Å². The third-order valence-corrected chi connectivity index (χ3v) is 4.11. The standard InChI is InChI=1S/C12H13Cl2N3O3S/c1-7-11(2-3-20-17(18)19)21-12(15-7)16-10-5-8(13)4-9(14)6-10/h4-6,18-19H,2-3H2,1H3,(H,15,16). The lowest BCUT2D eigenvalue weighted by Crippen LogP contribution is -2.16. The summed E-state index contributed by atoms with van der Waals surface area (Å²) in [5.74, 6) is 0. The van der Waals surface area contributed by atoms with Gasteiger partial charge < -0.3 is 5.32 Å². The van der Waals surface area contributed by atoms with E-state index in [1.807, 2.05) is 6.92 Å². The van der Waals surface area contributed by atoms with Gasteiger partial charge in [-0.3, -0.25) is 15.3 Å². The normalized spacial score (nSPS) is 11.1. The number of rotatable bonds is 6. The SMILES string of the molecule is Cc1nc(Nc2cc(Cl)cc(Cl)c2)sc1CCON(O)O. The smallest absolute Gasteiger partial charge is 0.187 e. The van der Waals surface area contributed by atoms with Crippen LogP contribution in [0.3, 0.4) is 0 Å². The number of thiazole rings is 1. The maximum absolute atomic E-state index is 8.47. The number of hydrogen-bond acceptors (Lipinski definition) is 7. The average molecular weight is 350 g/mol. The number of benzene rings is 1. The molecule has 114 valence electrons. The van der Waals surface area contributed by atoms with Crippen molar-refractivity contribution in [3.05, 3.63) is 38.8 Å². The lowest BCUT2D eigenvalue weighted by molar-refractivity contribution is -0.492. The third kappa shape index (κ3) is 5.08. The Morgan fingerprint density at radius 3 is 2.57 bits per heavy atom. The predicted molar refractivity (Wildman–Crippen MR) is 81.7 cm³/mol. The first-order valence-electron chi connectivity index (χ1n) is 5.94. The largest absolute Gasteiger partial charge is 0.331 e. The molecule has 1 aromatic heterocycles. The van der Waals surface area contributed by atoms with Gasteiger partial charge in [0.1, 0.15) is 0 Å². The summed E-state index contributed by atoms with van der Waals surface area (Å²) in [6.45, 7) is 2.01. The molecule has 2 rings (SSSR count). The molecular weight excluding hydrogens is 337 g/mol. The van der Waals surface area contributed by atoms with Crippen LogP contribution in [0, 0.1) is 6.92 Å². The Morgan fingerprint density at radius 2 is 1.95 bits per heavy atom. The van der Waals surface area contributed by atoms with Crippen molar-refractivity contribution in [3.8, 4) is 0 Å². The number of nitrogens with zero attached hydrogens (tertiary/aromatic N) is 2. The van der Waals surface area contributed by atoms with Gasteiger partial charge in [0.2, 0.25) is 0 Å². The molecule has 0 atom stereocenters. The molecule has 0 aliphatic rings. The highest BCUT2D eigenvalue weighted by molar-refractivity contribution is 7.15. The van der Waals surface area contributed by atoms with Crippen LogP contribution in [0.1, 0.15) is 10.6 Å². The number of halogens is 2. The van der Waals surface area contributed by atoms with Crippen LogP contribution in [0.2, 0.25) is 10.0 Å². The number of nitrogens with one attached hydrogen (secondary N) is 1. The Bertz CT molecular complexity index is 602. The zero-order valence-electron chi connectivity index (χ0n) is 11.0. The van der Waals surface area contributed by atoms with Crippen molar-refractivity contribution in [1.29, 1.82) is 0 Å². The van der Waals surface area contributed by atoms with Crippen LogP contribution >= 0.6 is 34.5 Å². The molecular formula is C12H13Cl2N3O3S. The number of anilines is 2. The molecule has 0 amide bonds. The topological polar surface area (TPSA) is 77.9 Å². The van der Waals surface area contributed by atoms with Gasteiger partial charge in [-0.2, -0.15) is 0 Å². The summed E-state index contributed by atoms with van der Waals surface area (Å²) in [5, 5.41) is 21.5. The molecule has 2 aromatic rings. The molecule has 0 fully saturated rings. The molecule has 0 saturated heterocycles. The van der Waals surface area contributed by atoms with Crippen LogP contribution in [0.4, 0.5) is 10.8 Å². The van der Waals surface area contributed by atoms with Gasteiger partial charge in [-0.05, 0) is 25.1 Å². The molecule has 0 bridgehead atoms. The highest BCUT2D eigenvalue weighted by atomic mass is 35.5. The summed E-state index contributed by atoms with van der Waals surface area (Å²) < 4.78 is 0. The van der Waals surface area contributed by atoms with E-state index in [1.54, 1.807) is 18.2 Å². The minimum atomic E-state index is -0.302. The van der Waals surface area contributed by atoms with Crippen LogP contribution in [0.5, 0.6) is 0 Å². The van der Waals surface area contributed by atoms with Crippen molar-refractivity contribution in [3.63, 3.8) is 0 Å². The van der Waals surface area contributed by atoms with Crippen LogP contribution < -0.4 is 5.32 Å². The molecule has 1 heterocycles. The maximum Gasteiger partial charge on any atom is 0.187 e. The first-order chi connectivity index (χ1) is 9.94. The predicted octanol–water partition coefficient (Wildman–Crippen LogP) is 4.06. The summed E-state index contributed by atoms with van der Waals surface area (Å²) >= 11 is 13.3. The minimum Gasteiger partial charge on any atom is -0.331 e. The van der Waals surface area contributed by atoms with Gasteiger partial charge in [0.25, 0.3) is 0 Å². The minimum absolute atomic E-state index is 0.137. The fourth-order valence-electron chi connectivity index (χ4n) is 1.68. The van der Waals surface area contributed by atoms with E-state index in [0.29, 0.717) is 21.6 Å². The number of hydrogen-bond donors (Lipinski definition) is 3. The van der Waals surface area contributed by atoms with Gasteiger partial charge in [0.05, 0.1) is 17.7 Å². The molecule has 21 heavy (non-hydrogen) atoms. The van der Waals surface area contributed by atoms with Crippen LogP contribution in [-0.4, -0.2) is 27.4 Å². The van der Waals surface area contributed by atoms with Crippen molar-refractivity contribution in [2.24, 2.45) is 0 Å². The van der Waals surface area contributed by atoms with Gasteiger partial charge in [-0.25, -0.2) is 4.98 Å². The Balaban J connectivity index is 2.04. The van der Waals surface area contributed by atoms with Crippen LogP contribution in [0.15, 0.2) is 18.2 Å². The lowest BCUT2D eigenvalue weighted by Gasteiger charge is -2.05. The Hall–Kier alpha value is -0.930. The highest BCUT2D eigenvalue weighted by Gasteiger charge is 2.09. The van der Waals surface area contributed by atoms with E-state index in [2.05, 4.69) is 15.1 Å². The Morgan fingerprint density at radius 1 is 1.29 bits per heavy atom. The Labute approximate surface area is 135 Å². The fourth-order valence-corrected chi connectivity index (χ4v) is 3.17. The molecule has 9 heteroatoms. The van der Waals surface area contributed by atoms with Crippen LogP contribution in [0.25, 0.3) is 0 Å². The van der Waals surface area contributed by atoms with Crippen molar-refractivity contribution >= 4 is 45.4 Å². The van der Waals surface area contributed by atoms with Gasteiger partial charge in [0, 0.05) is 27.0 Å². The third-order valence-electron chi connectivity index (χ3n) is 2.54. The maximum atomic E-state index is 8.47. The number of aryl methyl sites for hydroxylation is 1. The second-order valence-electron chi connectivity index (χ2n) is 4.15. The van der Waals surface area contributed by atoms with E-state index in [1.165, 1.54) is 11.3 Å². The second-order valence-corrected chi connectivity index (χ2v) is 6.10. The molecule has 0 aliphatic carbocycles. The monoisotopic (exact) mass is 349 g/mol. The summed E-state index contributed by atoms with van der Waals surface area (Å²) in [4.78, 5) is 9.90. The van der Waals surface area contributed by atoms with E-state index in [9.17, 15) is 0 Å². The highest BCUT2D eigenvalue weighted by Crippen LogP contribution is 2.29. The van der Waals surface area contributed by atoms with Crippen molar-refractivity contribution in [2.45, 2.75) is 13.3 Å². The van der Waals surface area contributed by atoms with E-state index in [0.717, 1.165) is 16.3 Å². The summed E-state index contributed by atoms with van der Waals surface area (Å²) in [6, 6.07) is 5.16. The van der Waals surface area contributed by atoms with Gasteiger partial charge in [0.15, 0.2) is 5.13 Å². The molecule has 3 N–H and O–H groups in total. The fraction of sp³-hybridized carbons (Fsp3) is 0.250. The molecule has 0 spiro atoms. The van der Waals surface area contributed by atoms with Crippen molar-refractivity contribution in [2.75, 3.05) is 11.9 Å². The quantitative estimate of drug-likeness (QED) is 0.682. The first-order valence-corrected chi connectivity index (χ1v) is 7.51. The zero-order valence-corrected chi connectivity index (χ0v) is 13.3. The molecule has 0 aliphatic heterocycles. The van der Waals surface area contributed by atoms with Gasteiger partial charge >= 0.3 is 0 Å². The van der Waals surface area contributed by atoms with Gasteiger partial charge in [-0.1, -0.05) is 23.2 Å². The lowest BCUT2D eigenvalue weighted by atomic mass is 10.3. The molecule has 6 nitrogen and oxygen atoms in total. The molecule has 0 radical (unpaired) electrons. The summed E-state index contributed by atoms with van der Waals surface area (Å²) in [6.07, 6.45) is 0.513. The molecule has 0 unspecified atom stereocenters.